The molecule has 4 heteroatoms. The van der Waals surface area contributed by atoms with E-state index < -0.39 is 0 Å². The van der Waals surface area contributed by atoms with Gasteiger partial charge in [0.25, 0.3) is 0 Å². The van der Waals surface area contributed by atoms with Gasteiger partial charge in [0.1, 0.15) is 0 Å². The monoisotopic (exact) mass is 219 g/mol. The number of imidazole rings is 1. The van der Waals surface area contributed by atoms with Gasteiger partial charge in [0.2, 0.25) is 5.95 Å². The van der Waals surface area contributed by atoms with E-state index in [-0.39, 0.29) is 6.10 Å². The summed E-state index contributed by atoms with van der Waals surface area (Å²) in [6.45, 7) is 5.44. The lowest BCUT2D eigenvalue weighted by Crippen LogP contribution is -2.12. The summed E-state index contributed by atoms with van der Waals surface area (Å²) in [5.74, 6) is 0.550. The average Bonchev–Trinajstić information content (AvgIpc) is 2.55. The Labute approximate surface area is 95.0 Å². The highest BCUT2D eigenvalue weighted by atomic mass is 16.5. The summed E-state index contributed by atoms with van der Waals surface area (Å²) in [6.07, 6.45) is 0.246. The summed E-state index contributed by atoms with van der Waals surface area (Å²) < 4.78 is 7.50. The molecule has 0 saturated carbocycles. The maximum Gasteiger partial charge on any atom is 0.201 e. The van der Waals surface area contributed by atoms with Crippen molar-refractivity contribution in [3.05, 3.63) is 24.3 Å². The van der Waals surface area contributed by atoms with Crippen LogP contribution in [0.3, 0.4) is 0 Å². The zero-order valence-corrected chi connectivity index (χ0v) is 9.68. The molecule has 0 unspecified atom stereocenters. The molecule has 0 fully saturated rings. The first-order valence-electron chi connectivity index (χ1n) is 5.51. The number of benzene rings is 1. The number of nitrogens with two attached hydrogens (primary N) is 1. The SMILES string of the molecule is CC(C)OCCn1c(N)nc2ccccc21. The lowest BCUT2D eigenvalue weighted by molar-refractivity contribution is 0.0735. The minimum atomic E-state index is 0.246. The first-order chi connectivity index (χ1) is 7.68. The number of fused-ring (bicyclic) bond motifs is 1. The van der Waals surface area contributed by atoms with Crippen LogP contribution in [0, 0.1) is 0 Å². The van der Waals surface area contributed by atoms with E-state index >= 15 is 0 Å². The Hall–Kier alpha value is -1.55. The lowest BCUT2D eigenvalue weighted by atomic mass is 10.3. The molecule has 0 amide bonds. The van der Waals surface area contributed by atoms with Gasteiger partial charge in [0.15, 0.2) is 0 Å². The molecular formula is C12H17N3O. The van der Waals surface area contributed by atoms with Gasteiger partial charge in [-0.2, -0.15) is 0 Å². The highest BCUT2D eigenvalue weighted by Gasteiger charge is 2.06. The van der Waals surface area contributed by atoms with Gasteiger partial charge in [-0.25, -0.2) is 4.98 Å². The molecular weight excluding hydrogens is 202 g/mol. The van der Waals surface area contributed by atoms with E-state index in [9.17, 15) is 0 Å². The third kappa shape index (κ3) is 2.17. The van der Waals surface area contributed by atoms with Crippen LogP contribution >= 0.6 is 0 Å². The molecule has 16 heavy (non-hydrogen) atoms. The Balaban J connectivity index is 2.19. The molecule has 2 aromatic rings. The number of rotatable bonds is 4. The molecule has 1 heterocycles. The van der Waals surface area contributed by atoms with E-state index in [1.807, 2.05) is 42.7 Å². The molecule has 4 nitrogen and oxygen atoms in total. The second kappa shape index (κ2) is 4.53. The van der Waals surface area contributed by atoms with Gasteiger partial charge >= 0.3 is 0 Å². The quantitative estimate of drug-likeness (QED) is 0.856. The van der Waals surface area contributed by atoms with Gasteiger partial charge in [0, 0.05) is 6.54 Å². The average molecular weight is 219 g/mol. The predicted molar refractivity (Wildman–Crippen MR) is 65.2 cm³/mol. The van der Waals surface area contributed by atoms with Crippen LogP contribution < -0.4 is 5.73 Å². The molecule has 0 spiro atoms. The van der Waals surface area contributed by atoms with E-state index in [1.165, 1.54) is 0 Å². The fourth-order valence-corrected chi connectivity index (χ4v) is 1.71. The van der Waals surface area contributed by atoms with E-state index in [1.54, 1.807) is 0 Å². The van der Waals surface area contributed by atoms with Crippen LogP contribution in [0.5, 0.6) is 0 Å². The van der Waals surface area contributed by atoms with Crippen molar-refractivity contribution in [2.45, 2.75) is 26.5 Å². The Bertz CT molecular complexity index is 476. The van der Waals surface area contributed by atoms with Crippen molar-refractivity contribution < 1.29 is 4.74 Å². The van der Waals surface area contributed by atoms with Crippen LogP contribution in [-0.2, 0) is 11.3 Å². The van der Waals surface area contributed by atoms with Gasteiger partial charge < -0.3 is 15.0 Å². The van der Waals surface area contributed by atoms with E-state index in [4.69, 9.17) is 10.5 Å². The summed E-state index contributed by atoms with van der Waals surface area (Å²) in [4.78, 5) is 4.30. The number of nitrogen functional groups attached to an aromatic ring is 1. The Morgan fingerprint density at radius 1 is 1.38 bits per heavy atom. The van der Waals surface area contributed by atoms with Crippen LogP contribution in [0.2, 0.25) is 0 Å². The summed E-state index contributed by atoms with van der Waals surface area (Å²) in [5, 5.41) is 0. The third-order valence-corrected chi connectivity index (χ3v) is 2.45. The molecule has 0 aliphatic rings. The van der Waals surface area contributed by atoms with Crippen LogP contribution in [0.15, 0.2) is 24.3 Å². The first-order valence-corrected chi connectivity index (χ1v) is 5.51. The number of aromatic nitrogens is 2. The Morgan fingerprint density at radius 3 is 2.88 bits per heavy atom. The normalized spacial score (nSPS) is 11.4. The highest BCUT2D eigenvalue weighted by molar-refractivity contribution is 5.78. The Kier molecular flexibility index (Phi) is 3.10. The zero-order chi connectivity index (χ0) is 11.5. The number of hydrogen-bond donors (Lipinski definition) is 1. The van der Waals surface area contributed by atoms with Crippen LogP contribution in [-0.4, -0.2) is 22.3 Å². The molecule has 2 N–H and O–H groups in total. The van der Waals surface area contributed by atoms with Crippen molar-refractivity contribution in [1.29, 1.82) is 0 Å². The van der Waals surface area contributed by atoms with Gasteiger partial charge in [-0.15, -0.1) is 0 Å². The predicted octanol–water partition coefficient (Wildman–Crippen LogP) is 2.04. The fraction of sp³-hybridized carbons (Fsp3) is 0.417. The molecule has 0 bridgehead atoms. The van der Waals surface area contributed by atoms with Gasteiger partial charge in [-0.3, -0.25) is 0 Å². The molecule has 0 aliphatic carbocycles. The molecule has 2 rings (SSSR count). The molecule has 86 valence electrons. The number of nitrogens with zero attached hydrogens (tertiary/aromatic N) is 2. The molecule has 0 aliphatic heterocycles. The largest absolute Gasteiger partial charge is 0.377 e. The van der Waals surface area contributed by atoms with Crippen molar-refractivity contribution in [2.24, 2.45) is 0 Å². The van der Waals surface area contributed by atoms with Gasteiger partial charge in [-0.05, 0) is 26.0 Å². The number of anilines is 1. The standard InChI is InChI=1S/C12H17N3O/c1-9(2)16-8-7-15-11-6-4-3-5-10(11)14-12(15)13/h3-6,9H,7-8H2,1-2H3,(H2,13,14). The number of para-hydroxylation sites is 2. The minimum absolute atomic E-state index is 0.246. The van der Waals surface area contributed by atoms with Crippen molar-refractivity contribution in [3.8, 4) is 0 Å². The second-order valence-corrected chi connectivity index (χ2v) is 4.03. The van der Waals surface area contributed by atoms with E-state index in [0.717, 1.165) is 17.6 Å². The molecule has 0 radical (unpaired) electrons. The highest BCUT2D eigenvalue weighted by Crippen LogP contribution is 2.16. The smallest absolute Gasteiger partial charge is 0.201 e. The minimum Gasteiger partial charge on any atom is -0.377 e. The maximum absolute atomic E-state index is 5.87. The first kappa shape index (κ1) is 11.0. The van der Waals surface area contributed by atoms with Crippen molar-refractivity contribution in [2.75, 3.05) is 12.3 Å². The van der Waals surface area contributed by atoms with E-state index in [2.05, 4.69) is 4.98 Å². The topological polar surface area (TPSA) is 53.1 Å². The van der Waals surface area contributed by atoms with Crippen molar-refractivity contribution in [1.82, 2.24) is 9.55 Å². The third-order valence-electron chi connectivity index (χ3n) is 2.45. The van der Waals surface area contributed by atoms with Gasteiger partial charge in [-0.1, -0.05) is 12.1 Å². The summed E-state index contributed by atoms with van der Waals surface area (Å²) in [6, 6.07) is 7.94. The van der Waals surface area contributed by atoms with Crippen LogP contribution in [0.1, 0.15) is 13.8 Å². The van der Waals surface area contributed by atoms with Crippen molar-refractivity contribution in [3.63, 3.8) is 0 Å². The molecule has 1 aromatic carbocycles. The second-order valence-electron chi connectivity index (χ2n) is 4.03. The summed E-state index contributed by atoms with van der Waals surface area (Å²) >= 11 is 0. The fourth-order valence-electron chi connectivity index (χ4n) is 1.71. The number of hydrogen-bond acceptors (Lipinski definition) is 3. The van der Waals surface area contributed by atoms with Gasteiger partial charge in [0.05, 0.1) is 23.7 Å². The Morgan fingerprint density at radius 2 is 2.12 bits per heavy atom. The summed E-state index contributed by atoms with van der Waals surface area (Å²) in [5.41, 5.74) is 7.86. The van der Waals surface area contributed by atoms with Crippen LogP contribution in [0.4, 0.5) is 5.95 Å². The van der Waals surface area contributed by atoms with Crippen LogP contribution in [0.25, 0.3) is 11.0 Å². The van der Waals surface area contributed by atoms with Crippen molar-refractivity contribution >= 4 is 17.0 Å². The number of ether oxygens (including phenoxy) is 1. The van der Waals surface area contributed by atoms with E-state index in [0.29, 0.717) is 12.6 Å². The zero-order valence-electron chi connectivity index (χ0n) is 9.68. The molecule has 0 atom stereocenters. The molecule has 1 aromatic heterocycles. The summed E-state index contributed by atoms with van der Waals surface area (Å²) in [7, 11) is 0. The molecule has 0 saturated heterocycles. The maximum atomic E-state index is 5.87. The lowest BCUT2D eigenvalue weighted by Gasteiger charge is -2.09.